The first kappa shape index (κ1) is 10.7. The van der Waals surface area contributed by atoms with Crippen molar-refractivity contribution < 1.29 is 0 Å². The van der Waals surface area contributed by atoms with E-state index >= 15 is 0 Å². The molecule has 3 heterocycles. The van der Waals surface area contributed by atoms with Gasteiger partial charge in [0.25, 0.3) is 0 Å². The molecule has 0 radical (unpaired) electrons. The van der Waals surface area contributed by atoms with Crippen LogP contribution in [0.2, 0.25) is 5.15 Å². The Labute approximate surface area is 107 Å². The maximum atomic E-state index is 5.70. The molecule has 6 heteroatoms. The van der Waals surface area contributed by atoms with E-state index in [-0.39, 0.29) is 0 Å². The van der Waals surface area contributed by atoms with Crippen molar-refractivity contribution in [2.45, 2.75) is 13.3 Å². The molecule has 0 aliphatic heterocycles. The van der Waals surface area contributed by atoms with E-state index < -0.39 is 0 Å². The van der Waals surface area contributed by atoms with Gasteiger partial charge < -0.3 is 0 Å². The molecule has 3 aromatic heterocycles. The molecule has 17 heavy (non-hydrogen) atoms. The average Bonchev–Trinajstić information content (AvgIpc) is 2.87. The maximum absolute atomic E-state index is 5.70. The van der Waals surface area contributed by atoms with Crippen molar-refractivity contribution in [3.63, 3.8) is 0 Å². The van der Waals surface area contributed by atoms with Crippen LogP contribution >= 0.6 is 22.9 Å². The van der Waals surface area contributed by atoms with Gasteiger partial charge in [-0.15, -0.1) is 21.5 Å². The summed E-state index contributed by atoms with van der Waals surface area (Å²) in [7, 11) is 0. The molecule has 0 aliphatic rings. The molecule has 0 saturated carbocycles. The summed E-state index contributed by atoms with van der Waals surface area (Å²) >= 11 is 7.39. The number of aryl methyl sites for hydroxylation is 1. The Hall–Kier alpha value is -1.46. The van der Waals surface area contributed by atoms with Crippen LogP contribution in [0, 0.1) is 0 Å². The van der Waals surface area contributed by atoms with Crippen LogP contribution in [-0.4, -0.2) is 19.6 Å². The molecule has 3 aromatic rings. The van der Waals surface area contributed by atoms with Gasteiger partial charge >= 0.3 is 0 Å². The van der Waals surface area contributed by atoms with Crippen molar-refractivity contribution in [3.05, 3.63) is 34.6 Å². The normalized spacial score (nSPS) is 11.2. The van der Waals surface area contributed by atoms with Gasteiger partial charge in [-0.05, 0) is 18.6 Å². The summed E-state index contributed by atoms with van der Waals surface area (Å²) in [5, 5.41) is 8.22. The number of imidazole rings is 1. The van der Waals surface area contributed by atoms with Gasteiger partial charge in [0.2, 0.25) is 0 Å². The Morgan fingerprint density at radius 1 is 1.24 bits per heavy atom. The minimum atomic E-state index is 0.392. The predicted octanol–water partition coefficient (Wildman–Crippen LogP) is 3.07. The number of thiazole rings is 1. The van der Waals surface area contributed by atoms with E-state index in [4.69, 9.17) is 11.6 Å². The molecule has 4 nitrogen and oxygen atoms in total. The maximum Gasteiger partial charge on any atom is 0.194 e. The third-order valence-electron chi connectivity index (χ3n) is 2.45. The van der Waals surface area contributed by atoms with Gasteiger partial charge in [0.15, 0.2) is 10.1 Å². The first-order chi connectivity index (χ1) is 8.26. The first-order valence-electron chi connectivity index (χ1n) is 5.23. The zero-order valence-electron chi connectivity index (χ0n) is 9.09. The van der Waals surface area contributed by atoms with E-state index in [2.05, 4.69) is 28.3 Å². The highest BCUT2D eigenvalue weighted by molar-refractivity contribution is 7.17. The number of hydrogen-bond donors (Lipinski definition) is 0. The molecular weight excluding hydrogens is 256 g/mol. The highest BCUT2D eigenvalue weighted by Gasteiger charge is 2.08. The summed E-state index contributed by atoms with van der Waals surface area (Å²) < 4.78 is 2.02. The lowest BCUT2D eigenvalue weighted by molar-refractivity contribution is 1.03. The number of hydrogen-bond acceptors (Lipinski definition) is 4. The smallest absolute Gasteiger partial charge is 0.194 e. The molecule has 0 saturated heterocycles. The fourth-order valence-corrected chi connectivity index (χ4v) is 2.58. The minimum Gasteiger partial charge on any atom is -0.297 e. The van der Waals surface area contributed by atoms with Crippen molar-refractivity contribution in [2.75, 3.05) is 0 Å². The Bertz CT molecular complexity index is 624. The van der Waals surface area contributed by atoms with E-state index in [0.717, 1.165) is 22.8 Å². The summed E-state index contributed by atoms with van der Waals surface area (Å²) in [4.78, 5) is 6.82. The molecule has 0 aromatic carbocycles. The molecule has 0 bridgehead atoms. The first-order valence-corrected chi connectivity index (χ1v) is 6.42. The van der Waals surface area contributed by atoms with E-state index in [0.29, 0.717) is 5.15 Å². The summed E-state index contributed by atoms with van der Waals surface area (Å²) in [6.45, 7) is 2.14. The Kier molecular flexibility index (Phi) is 2.57. The van der Waals surface area contributed by atoms with Crippen LogP contribution in [0.3, 0.4) is 0 Å². The predicted molar refractivity (Wildman–Crippen MR) is 68.5 cm³/mol. The standard InChI is InChI=1S/C11H9ClN4S/c1-2-7-5-16-6-9(13-11(16)17-7)8-3-4-10(12)15-14-8/h3-6H,2H2,1H3. The number of aromatic nitrogens is 4. The zero-order valence-corrected chi connectivity index (χ0v) is 10.7. The Morgan fingerprint density at radius 2 is 2.12 bits per heavy atom. The lowest BCUT2D eigenvalue weighted by Gasteiger charge is -1.93. The molecule has 3 rings (SSSR count). The monoisotopic (exact) mass is 264 g/mol. The molecule has 86 valence electrons. The number of halogens is 1. The lowest BCUT2D eigenvalue weighted by Crippen LogP contribution is -1.86. The fraction of sp³-hybridized carbons (Fsp3) is 0.182. The summed E-state index contributed by atoms with van der Waals surface area (Å²) in [6.07, 6.45) is 5.09. The molecule has 0 N–H and O–H groups in total. The number of fused-ring (bicyclic) bond motifs is 1. The van der Waals surface area contributed by atoms with Crippen molar-refractivity contribution in [1.29, 1.82) is 0 Å². The third kappa shape index (κ3) is 1.92. The van der Waals surface area contributed by atoms with Gasteiger partial charge in [-0.1, -0.05) is 18.5 Å². The summed E-state index contributed by atoms with van der Waals surface area (Å²) in [5.74, 6) is 0. The van der Waals surface area contributed by atoms with Gasteiger partial charge in [-0.2, -0.15) is 0 Å². The van der Waals surface area contributed by atoms with E-state index in [1.54, 1.807) is 17.4 Å². The quantitative estimate of drug-likeness (QED) is 0.714. The van der Waals surface area contributed by atoms with Gasteiger partial charge in [-0.25, -0.2) is 4.98 Å². The molecule has 0 unspecified atom stereocenters. The second-order valence-electron chi connectivity index (χ2n) is 3.61. The van der Waals surface area contributed by atoms with Gasteiger partial charge in [0.05, 0.1) is 0 Å². The second-order valence-corrected chi connectivity index (χ2v) is 5.09. The van der Waals surface area contributed by atoms with Gasteiger partial charge in [0, 0.05) is 17.3 Å². The van der Waals surface area contributed by atoms with E-state index in [1.807, 2.05) is 16.7 Å². The Morgan fingerprint density at radius 3 is 2.76 bits per heavy atom. The van der Waals surface area contributed by atoms with Gasteiger partial charge in [0.1, 0.15) is 11.4 Å². The van der Waals surface area contributed by atoms with Crippen molar-refractivity contribution in [2.24, 2.45) is 0 Å². The fourth-order valence-electron chi connectivity index (χ4n) is 1.58. The summed E-state index contributed by atoms with van der Waals surface area (Å²) in [5.41, 5.74) is 1.56. The molecule has 0 spiro atoms. The molecule has 0 atom stereocenters. The second kappa shape index (κ2) is 4.09. The van der Waals surface area contributed by atoms with Crippen molar-refractivity contribution in [1.82, 2.24) is 19.6 Å². The highest BCUT2D eigenvalue weighted by Crippen LogP contribution is 2.23. The van der Waals surface area contributed by atoms with Crippen LogP contribution in [0.5, 0.6) is 0 Å². The zero-order chi connectivity index (χ0) is 11.8. The molecule has 0 aliphatic carbocycles. The average molecular weight is 265 g/mol. The topological polar surface area (TPSA) is 43.1 Å². The van der Waals surface area contributed by atoms with Crippen molar-refractivity contribution >= 4 is 27.9 Å². The Balaban J connectivity index is 2.06. The van der Waals surface area contributed by atoms with Crippen LogP contribution in [0.15, 0.2) is 24.5 Å². The number of rotatable bonds is 2. The third-order valence-corrected chi connectivity index (χ3v) is 3.79. The SMILES string of the molecule is CCc1cn2cc(-c3ccc(Cl)nn3)nc2s1. The minimum absolute atomic E-state index is 0.392. The van der Waals surface area contributed by atoms with E-state index in [1.165, 1.54) is 4.88 Å². The van der Waals surface area contributed by atoms with Crippen LogP contribution in [-0.2, 0) is 6.42 Å². The number of nitrogens with zero attached hydrogens (tertiary/aromatic N) is 4. The highest BCUT2D eigenvalue weighted by atomic mass is 35.5. The van der Waals surface area contributed by atoms with Crippen LogP contribution in [0.4, 0.5) is 0 Å². The molecular formula is C11H9ClN4S. The largest absolute Gasteiger partial charge is 0.297 e. The van der Waals surface area contributed by atoms with Crippen LogP contribution in [0.25, 0.3) is 16.3 Å². The van der Waals surface area contributed by atoms with Gasteiger partial charge in [-0.3, -0.25) is 4.40 Å². The molecule has 0 fully saturated rings. The molecule has 0 amide bonds. The van der Waals surface area contributed by atoms with E-state index in [9.17, 15) is 0 Å². The van der Waals surface area contributed by atoms with Crippen LogP contribution in [0.1, 0.15) is 11.8 Å². The lowest BCUT2D eigenvalue weighted by atomic mass is 10.3. The van der Waals surface area contributed by atoms with Crippen molar-refractivity contribution in [3.8, 4) is 11.4 Å². The summed E-state index contributed by atoms with van der Waals surface area (Å²) in [6, 6.07) is 3.54. The van der Waals surface area contributed by atoms with Crippen LogP contribution < -0.4 is 0 Å².